The Morgan fingerprint density at radius 1 is 1.08 bits per heavy atom. The third-order valence-corrected chi connectivity index (χ3v) is 8.42. The quantitative estimate of drug-likeness (QED) is 0.302. The molecule has 202 valence electrons. The van der Waals surface area contributed by atoms with Gasteiger partial charge in [0.15, 0.2) is 10.7 Å². The van der Waals surface area contributed by atoms with Gasteiger partial charge in [-0.05, 0) is 54.4 Å². The Balaban J connectivity index is 1.56. The average Bonchev–Trinajstić information content (AvgIpc) is 3.49. The fourth-order valence-corrected chi connectivity index (χ4v) is 6.30. The van der Waals surface area contributed by atoms with Gasteiger partial charge >= 0.3 is 0 Å². The number of fused-ring (bicyclic) bond motifs is 1. The number of amides is 1. The van der Waals surface area contributed by atoms with Crippen molar-refractivity contribution in [1.82, 2.24) is 29.4 Å². The summed E-state index contributed by atoms with van der Waals surface area (Å²) in [6, 6.07) is 13.7. The first kappa shape index (κ1) is 26.4. The predicted molar refractivity (Wildman–Crippen MR) is 144 cm³/mol. The van der Waals surface area contributed by atoms with Gasteiger partial charge in [-0.3, -0.25) is 9.59 Å². The highest BCUT2D eigenvalue weighted by molar-refractivity contribution is 8.00. The number of nitrogens with zero attached hydrogens (tertiary/aromatic N) is 5. The van der Waals surface area contributed by atoms with Gasteiger partial charge in [-0.15, -0.1) is 16.6 Å². The zero-order chi connectivity index (χ0) is 27.7. The van der Waals surface area contributed by atoms with Gasteiger partial charge in [-0.25, -0.2) is 27.9 Å². The molecule has 2 aromatic carbocycles. The van der Waals surface area contributed by atoms with Crippen molar-refractivity contribution in [3.8, 4) is 11.5 Å². The maximum Gasteiger partial charge on any atom is 0.283 e. The van der Waals surface area contributed by atoms with Crippen LogP contribution in [0.2, 0.25) is 0 Å². The van der Waals surface area contributed by atoms with Crippen molar-refractivity contribution >= 4 is 45.5 Å². The maximum absolute atomic E-state index is 13.7. The smallest absolute Gasteiger partial charge is 0.283 e. The number of hydrogen-bond donors (Lipinski definition) is 2. The van der Waals surface area contributed by atoms with Crippen LogP contribution in [0.4, 0.5) is 5.82 Å². The van der Waals surface area contributed by atoms with Crippen LogP contribution in [0.25, 0.3) is 5.78 Å². The van der Waals surface area contributed by atoms with Crippen LogP contribution < -0.4 is 19.9 Å². The highest BCUT2D eigenvalue weighted by Crippen LogP contribution is 2.38. The third kappa shape index (κ3) is 5.10. The van der Waals surface area contributed by atoms with Crippen molar-refractivity contribution in [1.29, 1.82) is 0 Å². The number of aryl methyl sites for hydroxylation is 1. The van der Waals surface area contributed by atoms with Gasteiger partial charge in [0.05, 0.1) is 20.0 Å². The summed E-state index contributed by atoms with van der Waals surface area (Å²) in [5, 5.41) is 6.88. The van der Waals surface area contributed by atoms with E-state index in [0.29, 0.717) is 22.6 Å². The fourth-order valence-electron chi connectivity index (χ4n) is 3.91. The molecule has 0 saturated carbocycles. The Labute approximate surface area is 226 Å². The number of carbonyl (C=O) groups is 1. The highest BCUT2D eigenvalue weighted by atomic mass is 32.2. The molecule has 5 rings (SSSR count). The van der Waals surface area contributed by atoms with Gasteiger partial charge in [0.1, 0.15) is 22.7 Å². The molecule has 0 aliphatic carbocycles. The van der Waals surface area contributed by atoms with E-state index < -0.39 is 31.8 Å². The Morgan fingerprint density at radius 3 is 2.36 bits per heavy atom. The van der Waals surface area contributed by atoms with Crippen molar-refractivity contribution in [2.75, 3.05) is 20.0 Å². The molecule has 1 saturated heterocycles. The number of H-pyrrole nitrogens is 1. The molecule has 2 N–H and O–H groups in total. The number of aromatic nitrogens is 4. The number of benzene rings is 2. The molecule has 1 unspecified atom stereocenters. The number of sulfonamides is 1. The van der Waals surface area contributed by atoms with Crippen LogP contribution in [-0.4, -0.2) is 65.1 Å². The second-order valence-corrected chi connectivity index (χ2v) is 11.0. The Hall–Kier alpha value is -4.21. The number of methoxy groups -OCH3 is 2. The zero-order valence-electron chi connectivity index (χ0n) is 21.0. The lowest BCUT2D eigenvalue weighted by atomic mass is 10.2. The maximum atomic E-state index is 13.7. The van der Waals surface area contributed by atoms with Crippen molar-refractivity contribution in [3.63, 3.8) is 0 Å². The topological polar surface area (TPSA) is 160 Å². The van der Waals surface area contributed by atoms with E-state index in [1.807, 2.05) is 0 Å². The van der Waals surface area contributed by atoms with E-state index in [0.717, 1.165) is 9.41 Å². The number of thioether (sulfide) groups is 1. The van der Waals surface area contributed by atoms with Crippen LogP contribution in [0.1, 0.15) is 22.3 Å². The van der Waals surface area contributed by atoms with Gasteiger partial charge in [0.25, 0.3) is 15.6 Å². The SMILES string of the molecule is COc1ccc(/C=N/c2nc3[nH]nc(C)n3c(=O)c2S(=O)(=O)NN2C(=O)CSC2c2ccc(OC)cc2)cc1. The summed E-state index contributed by atoms with van der Waals surface area (Å²) in [6.45, 7) is 1.52. The monoisotopic (exact) mass is 569 g/mol. The molecule has 1 amide bonds. The third-order valence-electron chi connectivity index (χ3n) is 5.87. The summed E-state index contributed by atoms with van der Waals surface area (Å²) in [7, 11) is -1.58. The standard InChI is InChI=1S/C24H23N7O6S2/c1-14-27-28-24-26-21(25-12-15-4-8-17(36-2)9-5-15)20(22(33)30(14)24)39(34,35)29-31-19(32)13-38-23(31)16-6-10-18(37-3)11-7-16/h4-12,23,29H,13H2,1-3H3,(H,26,28)/b25-12+. The predicted octanol–water partition coefficient (Wildman–Crippen LogP) is 1.96. The van der Waals surface area contributed by atoms with Crippen molar-refractivity contribution in [2.24, 2.45) is 4.99 Å². The molecule has 0 bridgehead atoms. The average molecular weight is 570 g/mol. The minimum absolute atomic E-state index is 0.0160. The number of hydrogen-bond acceptors (Lipinski definition) is 10. The van der Waals surface area contributed by atoms with Crippen LogP contribution in [-0.2, 0) is 14.8 Å². The lowest BCUT2D eigenvalue weighted by Gasteiger charge is -2.24. The van der Waals surface area contributed by atoms with E-state index >= 15 is 0 Å². The largest absolute Gasteiger partial charge is 0.497 e. The lowest BCUT2D eigenvalue weighted by molar-refractivity contribution is -0.129. The minimum Gasteiger partial charge on any atom is -0.497 e. The normalized spacial score (nSPS) is 15.9. The Kier molecular flexibility index (Phi) is 7.12. The molecule has 15 heteroatoms. The minimum atomic E-state index is -4.65. The molecule has 1 aliphatic rings. The number of carbonyl (C=O) groups excluding carboxylic acids is 1. The molecule has 2 aromatic heterocycles. The van der Waals surface area contributed by atoms with E-state index in [4.69, 9.17) is 9.47 Å². The zero-order valence-corrected chi connectivity index (χ0v) is 22.6. The van der Waals surface area contributed by atoms with Crippen LogP contribution in [0.5, 0.6) is 11.5 Å². The van der Waals surface area contributed by atoms with Crippen molar-refractivity contribution in [3.05, 3.63) is 75.8 Å². The summed E-state index contributed by atoms with van der Waals surface area (Å²) in [6.07, 6.45) is 1.37. The lowest BCUT2D eigenvalue weighted by Crippen LogP contribution is -2.46. The van der Waals surface area contributed by atoms with E-state index in [-0.39, 0.29) is 23.2 Å². The fraction of sp³-hybridized carbons (Fsp3) is 0.208. The molecule has 1 fully saturated rings. The van der Waals surface area contributed by atoms with Gasteiger partial charge in [0, 0.05) is 6.21 Å². The highest BCUT2D eigenvalue weighted by Gasteiger charge is 2.38. The first-order valence-corrected chi connectivity index (χ1v) is 14.0. The summed E-state index contributed by atoms with van der Waals surface area (Å²) in [5.74, 6) is 0.662. The molecule has 1 aliphatic heterocycles. The van der Waals surface area contributed by atoms with E-state index in [9.17, 15) is 18.0 Å². The molecule has 13 nitrogen and oxygen atoms in total. The van der Waals surface area contributed by atoms with Gasteiger partial charge in [-0.2, -0.15) is 10.1 Å². The molecule has 3 heterocycles. The Morgan fingerprint density at radius 2 is 1.72 bits per heavy atom. The second-order valence-electron chi connectivity index (χ2n) is 8.33. The number of ether oxygens (including phenoxy) is 2. The molecular weight excluding hydrogens is 546 g/mol. The number of rotatable bonds is 8. The van der Waals surface area contributed by atoms with E-state index in [1.165, 1.54) is 39.1 Å². The number of nitrogens with one attached hydrogen (secondary N) is 2. The first-order chi connectivity index (χ1) is 18.7. The van der Waals surface area contributed by atoms with Crippen LogP contribution >= 0.6 is 11.8 Å². The molecule has 4 aromatic rings. The van der Waals surface area contributed by atoms with E-state index in [2.05, 4.69) is 25.0 Å². The number of aliphatic imine (C=N–C) groups is 1. The van der Waals surface area contributed by atoms with Gasteiger partial charge in [0.2, 0.25) is 11.7 Å². The van der Waals surface area contributed by atoms with Crippen LogP contribution in [0.3, 0.4) is 0 Å². The molecular formula is C24H23N7O6S2. The molecule has 39 heavy (non-hydrogen) atoms. The molecule has 0 radical (unpaired) electrons. The summed E-state index contributed by atoms with van der Waals surface area (Å²) >= 11 is 1.24. The Bertz CT molecular complexity index is 1730. The summed E-state index contributed by atoms with van der Waals surface area (Å²) < 4.78 is 38.8. The number of hydrazine groups is 1. The van der Waals surface area contributed by atoms with Crippen molar-refractivity contribution < 1.29 is 22.7 Å². The molecule has 0 spiro atoms. The van der Waals surface area contributed by atoms with Gasteiger partial charge in [-0.1, -0.05) is 12.1 Å². The summed E-state index contributed by atoms with van der Waals surface area (Å²) in [4.78, 5) is 36.3. The van der Waals surface area contributed by atoms with Crippen LogP contribution in [0, 0.1) is 6.92 Å². The van der Waals surface area contributed by atoms with Crippen molar-refractivity contribution in [2.45, 2.75) is 17.2 Å². The first-order valence-electron chi connectivity index (χ1n) is 11.5. The second kappa shape index (κ2) is 10.5. The van der Waals surface area contributed by atoms with Gasteiger partial charge < -0.3 is 9.47 Å². The number of aromatic amines is 1. The summed E-state index contributed by atoms with van der Waals surface area (Å²) in [5.41, 5.74) is 0.365. The van der Waals surface area contributed by atoms with E-state index in [1.54, 1.807) is 48.5 Å². The molecule has 1 atom stereocenters. The van der Waals surface area contributed by atoms with Crippen LogP contribution in [0.15, 0.2) is 63.2 Å².